The number of hydrogen-bond acceptors (Lipinski definition) is 3. The van der Waals surface area contributed by atoms with Gasteiger partial charge in [0.05, 0.1) is 18.5 Å². The van der Waals surface area contributed by atoms with Crippen molar-refractivity contribution in [2.45, 2.75) is 25.5 Å². The summed E-state index contributed by atoms with van der Waals surface area (Å²) in [7, 11) is 3.67. The van der Waals surface area contributed by atoms with Crippen LogP contribution in [0.4, 0.5) is 0 Å². The van der Waals surface area contributed by atoms with Gasteiger partial charge in [0.1, 0.15) is 5.75 Å². The third kappa shape index (κ3) is 2.78. The van der Waals surface area contributed by atoms with E-state index in [1.54, 1.807) is 7.11 Å². The summed E-state index contributed by atoms with van der Waals surface area (Å²) in [6.07, 6.45) is 0. The molecule has 0 saturated carbocycles. The topological polar surface area (TPSA) is 27.1 Å². The van der Waals surface area contributed by atoms with Gasteiger partial charge in [-0.05, 0) is 35.7 Å². The van der Waals surface area contributed by atoms with E-state index in [-0.39, 0.29) is 0 Å². The fraction of sp³-hybridized carbons (Fsp3) is 0.400. The van der Waals surface area contributed by atoms with Gasteiger partial charge in [0, 0.05) is 18.4 Å². The van der Waals surface area contributed by atoms with Crippen molar-refractivity contribution in [3.05, 3.63) is 35.5 Å². The molecule has 102 valence electrons. The minimum atomic E-state index is 0.424. The Labute approximate surface area is 120 Å². The van der Waals surface area contributed by atoms with Gasteiger partial charge in [-0.3, -0.25) is 4.68 Å². The van der Waals surface area contributed by atoms with Crippen molar-refractivity contribution >= 4 is 12.6 Å². The third-order valence-corrected chi connectivity index (χ3v) is 3.56. The molecule has 0 bridgehead atoms. The lowest BCUT2D eigenvalue weighted by Gasteiger charge is -2.13. The van der Waals surface area contributed by atoms with E-state index in [0.717, 1.165) is 22.7 Å². The Hall–Kier alpha value is -1.42. The van der Waals surface area contributed by atoms with Crippen molar-refractivity contribution in [1.29, 1.82) is 0 Å². The number of nitrogens with zero attached hydrogens (tertiary/aromatic N) is 2. The first-order valence-electron chi connectivity index (χ1n) is 6.39. The van der Waals surface area contributed by atoms with Crippen molar-refractivity contribution in [3.8, 4) is 17.0 Å². The normalized spacial score (nSPS) is 11.1. The number of aryl methyl sites for hydroxylation is 1. The minimum absolute atomic E-state index is 0.424. The molecule has 2 aromatic rings. The zero-order valence-corrected chi connectivity index (χ0v) is 12.7. The van der Waals surface area contributed by atoms with E-state index in [1.165, 1.54) is 5.56 Å². The average molecular weight is 276 g/mol. The van der Waals surface area contributed by atoms with Crippen LogP contribution in [-0.4, -0.2) is 16.9 Å². The van der Waals surface area contributed by atoms with Crippen LogP contribution in [0.15, 0.2) is 24.3 Å². The van der Waals surface area contributed by atoms with Gasteiger partial charge in [0.15, 0.2) is 0 Å². The standard InChI is InChI=1S/C15H20N2OS/c1-10(2)13-7-11(5-6-15(13)18-4)14-8-12(9-19)16-17(14)3/h5-8,10,19H,9H2,1-4H3. The zero-order chi connectivity index (χ0) is 14.0. The van der Waals surface area contributed by atoms with Gasteiger partial charge in [-0.1, -0.05) is 13.8 Å². The quantitative estimate of drug-likeness (QED) is 0.863. The predicted molar refractivity (Wildman–Crippen MR) is 82.0 cm³/mol. The Morgan fingerprint density at radius 3 is 2.58 bits per heavy atom. The monoisotopic (exact) mass is 276 g/mol. The number of ether oxygens (including phenoxy) is 1. The van der Waals surface area contributed by atoms with Gasteiger partial charge < -0.3 is 4.74 Å². The van der Waals surface area contributed by atoms with Crippen LogP contribution in [0.3, 0.4) is 0 Å². The SMILES string of the molecule is COc1ccc(-c2cc(CS)nn2C)cc1C(C)C. The summed E-state index contributed by atoms with van der Waals surface area (Å²) in [5.74, 6) is 2.02. The third-order valence-electron chi connectivity index (χ3n) is 3.24. The summed E-state index contributed by atoms with van der Waals surface area (Å²) in [6, 6.07) is 8.36. The molecule has 0 amide bonds. The van der Waals surface area contributed by atoms with E-state index in [4.69, 9.17) is 4.74 Å². The molecule has 0 spiro atoms. The highest BCUT2D eigenvalue weighted by molar-refractivity contribution is 7.79. The van der Waals surface area contributed by atoms with Crippen LogP contribution >= 0.6 is 12.6 Å². The first-order valence-corrected chi connectivity index (χ1v) is 7.02. The van der Waals surface area contributed by atoms with Gasteiger partial charge in [0.25, 0.3) is 0 Å². The van der Waals surface area contributed by atoms with Crippen LogP contribution in [0.2, 0.25) is 0 Å². The number of thiol groups is 1. The molecule has 19 heavy (non-hydrogen) atoms. The van der Waals surface area contributed by atoms with Crippen molar-refractivity contribution in [3.63, 3.8) is 0 Å². The predicted octanol–water partition coefficient (Wildman–Crippen LogP) is 3.65. The Bertz CT molecular complexity index is 576. The van der Waals surface area contributed by atoms with Crippen LogP contribution in [0.25, 0.3) is 11.3 Å². The maximum atomic E-state index is 5.42. The fourth-order valence-corrected chi connectivity index (χ4v) is 2.37. The molecule has 4 heteroatoms. The minimum Gasteiger partial charge on any atom is -0.496 e. The second-order valence-electron chi connectivity index (χ2n) is 4.91. The molecule has 1 heterocycles. The van der Waals surface area contributed by atoms with Gasteiger partial charge >= 0.3 is 0 Å². The highest BCUT2D eigenvalue weighted by Crippen LogP contribution is 2.31. The smallest absolute Gasteiger partial charge is 0.122 e. The zero-order valence-electron chi connectivity index (χ0n) is 11.8. The maximum Gasteiger partial charge on any atom is 0.122 e. The number of aromatic nitrogens is 2. The Balaban J connectivity index is 2.50. The lowest BCUT2D eigenvalue weighted by Crippen LogP contribution is -1.97. The number of benzene rings is 1. The van der Waals surface area contributed by atoms with Gasteiger partial charge in [0.2, 0.25) is 0 Å². The van der Waals surface area contributed by atoms with Crippen molar-refractivity contribution in [1.82, 2.24) is 9.78 Å². The van der Waals surface area contributed by atoms with E-state index in [1.807, 2.05) is 17.8 Å². The molecular weight excluding hydrogens is 256 g/mol. The summed E-state index contributed by atoms with van der Waals surface area (Å²) in [6.45, 7) is 4.34. The summed E-state index contributed by atoms with van der Waals surface area (Å²) in [5.41, 5.74) is 4.47. The van der Waals surface area contributed by atoms with E-state index in [0.29, 0.717) is 11.7 Å². The average Bonchev–Trinajstić information content (AvgIpc) is 2.79. The summed E-state index contributed by atoms with van der Waals surface area (Å²) < 4.78 is 7.32. The molecule has 0 aliphatic heterocycles. The maximum absolute atomic E-state index is 5.42. The van der Waals surface area contributed by atoms with E-state index in [2.05, 4.69) is 49.8 Å². The molecule has 0 fully saturated rings. The summed E-state index contributed by atoms with van der Waals surface area (Å²) >= 11 is 4.27. The fourth-order valence-electron chi connectivity index (χ4n) is 2.22. The van der Waals surface area contributed by atoms with Crippen LogP contribution in [0.5, 0.6) is 5.75 Å². The van der Waals surface area contributed by atoms with Crippen LogP contribution in [-0.2, 0) is 12.8 Å². The highest BCUT2D eigenvalue weighted by Gasteiger charge is 2.12. The van der Waals surface area contributed by atoms with E-state index < -0.39 is 0 Å². The molecule has 0 N–H and O–H groups in total. The molecule has 1 aromatic heterocycles. The van der Waals surface area contributed by atoms with E-state index in [9.17, 15) is 0 Å². The Morgan fingerprint density at radius 2 is 2.05 bits per heavy atom. The first-order chi connectivity index (χ1) is 9.06. The van der Waals surface area contributed by atoms with Crippen LogP contribution < -0.4 is 4.74 Å². The molecule has 0 radical (unpaired) electrons. The van der Waals surface area contributed by atoms with Gasteiger partial charge in [-0.25, -0.2) is 0 Å². The molecular formula is C15H20N2OS. The second-order valence-corrected chi connectivity index (χ2v) is 5.23. The molecule has 2 rings (SSSR count). The van der Waals surface area contributed by atoms with Gasteiger partial charge in [-0.15, -0.1) is 0 Å². The van der Waals surface area contributed by atoms with E-state index >= 15 is 0 Å². The first kappa shape index (κ1) is 14.0. The lowest BCUT2D eigenvalue weighted by atomic mass is 9.98. The molecule has 3 nitrogen and oxygen atoms in total. The molecule has 0 saturated heterocycles. The lowest BCUT2D eigenvalue weighted by molar-refractivity contribution is 0.407. The molecule has 0 atom stereocenters. The Kier molecular flexibility index (Phi) is 4.20. The summed E-state index contributed by atoms with van der Waals surface area (Å²) in [4.78, 5) is 0. The van der Waals surface area contributed by atoms with Crippen LogP contribution in [0, 0.1) is 0 Å². The molecule has 1 aromatic carbocycles. The Morgan fingerprint density at radius 1 is 1.32 bits per heavy atom. The number of rotatable bonds is 4. The second kappa shape index (κ2) is 5.70. The molecule has 0 unspecified atom stereocenters. The number of hydrogen-bond donors (Lipinski definition) is 1. The molecule has 0 aliphatic rings. The van der Waals surface area contributed by atoms with Gasteiger partial charge in [-0.2, -0.15) is 17.7 Å². The largest absolute Gasteiger partial charge is 0.496 e. The summed E-state index contributed by atoms with van der Waals surface area (Å²) in [5, 5.41) is 4.43. The van der Waals surface area contributed by atoms with Crippen molar-refractivity contribution in [2.75, 3.05) is 7.11 Å². The molecule has 0 aliphatic carbocycles. The number of methoxy groups -OCH3 is 1. The van der Waals surface area contributed by atoms with Crippen LogP contribution in [0.1, 0.15) is 31.0 Å². The highest BCUT2D eigenvalue weighted by atomic mass is 32.1. The van der Waals surface area contributed by atoms with Crippen molar-refractivity contribution < 1.29 is 4.74 Å². The van der Waals surface area contributed by atoms with Crippen molar-refractivity contribution in [2.24, 2.45) is 7.05 Å².